The summed E-state index contributed by atoms with van der Waals surface area (Å²) < 4.78 is 15.2. The zero-order valence-electron chi connectivity index (χ0n) is 11.4. The van der Waals surface area contributed by atoms with Gasteiger partial charge in [-0.25, -0.2) is 9.59 Å². The van der Waals surface area contributed by atoms with Gasteiger partial charge in [-0.05, 0) is 23.8 Å². The largest absolute Gasteiger partial charge is 0.477 e. The van der Waals surface area contributed by atoms with E-state index in [0.717, 1.165) is 6.08 Å². The second-order valence-electron chi connectivity index (χ2n) is 3.90. The van der Waals surface area contributed by atoms with Crippen molar-refractivity contribution < 1.29 is 34.0 Å². The average Bonchev–Trinajstić information content (AvgIpc) is 2.45. The first-order valence-corrected chi connectivity index (χ1v) is 6.02. The summed E-state index contributed by atoms with van der Waals surface area (Å²) in [5.74, 6) is -2.46. The smallest absolute Gasteiger partial charge is 0.343 e. The molecular weight excluding hydrogens is 280 g/mol. The maximum absolute atomic E-state index is 10.7. The quantitative estimate of drug-likeness (QED) is 0.232. The summed E-state index contributed by atoms with van der Waals surface area (Å²) in [4.78, 5) is 21.5. The van der Waals surface area contributed by atoms with Gasteiger partial charge < -0.3 is 24.4 Å². The van der Waals surface area contributed by atoms with Crippen molar-refractivity contribution in [2.75, 3.05) is 27.1 Å². The summed E-state index contributed by atoms with van der Waals surface area (Å²) in [7, 11) is 1.57. The number of benzene rings is 1. The van der Waals surface area contributed by atoms with Crippen LogP contribution in [0.2, 0.25) is 0 Å². The summed E-state index contributed by atoms with van der Waals surface area (Å²) in [5.41, 5.74) is -0.256. The number of rotatable bonds is 9. The molecule has 0 heterocycles. The Bertz CT molecular complexity index is 489. The first kappa shape index (κ1) is 16.7. The van der Waals surface area contributed by atoms with Crippen LogP contribution in [0.15, 0.2) is 29.8 Å². The molecule has 0 radical (unpaired) electrons. The van der Waals surface area contributed by atoms with E-state index in [1.165, 1.54) is 0 Å². The maximum atomic E-state index is 10.7. The molecular formula is C14H16O7. The van der Waals surface area contributed by atoms with Gasteiger partial charge >= 0.3 is 11.9 Å². The second kappa shape index (κ2) is 8.72. The third kappa shape index (κ3) is 6.07. The lowest BCUT2D eigenvalue weighted by Crippen LogP contribution is -2.10. The van der Waals surface area contributed by atoms with Gasteiger partial charge in [0.15, 0.2) is 6.79 Å². The van der Waals surface area contributed by atoms with Gasteiger partial charge in [-0.2, -0.15) is 0 Å². The minimum Gasteiger partial charge on any atom is -0.477 e. The molecule has 0 amide bonds. The maximum Gasteiger partial charge on any atom is 0.343 e. The second-order valence-corrected chi connectivity index (χ2v) is 3.90. The molecule has 7 heteroatoms. The number of ether oxygens (including phenoxy) is 3. The van der Waals surface area contributed by atoms with Crippen LogP contribution in [0.4, 0.5) is 0 Å². The standard InChI is InChI=1S/C14H16O7/c1-19-6-7-20-9-21-11-4-2-10(3-5-11)8-12(13(15)16)14(17)18/h2-5,8H,6-7,9H2,1H3,(H,15,16)(H,17,18). The zero-order valence-corrected chi connectivity index (χ0v) is 11.4. The van der Waals surface area contributed by atoms with E-state index in [1.807, 2.05) is 0 Å². The highest BCUT2D eigenvalue weighted by atomic mass is 16.7. The molecule has 0 bridgehead atoms. The van der Waals surface area contributed by atoms with Gasteiger partial charge in [0.25, 0.3) is 0 Å². The van der Waals surface area contributed by atoms with Crippen LogP contribution in [0.3, 0.4) is 0 Å². The van der Waals surface area contributed by atoms with Crippen molar-refractivity contribution in [3.63, 3.8) is 0 Å². The van der Waals surface area contributed by atoms with E-state index < -0.39 is 17.5 Å². The third-order valence-corrected chi connectivity index (χ3v) is 2.39. The number of carboxylic acids is 2. The molecule has 0 unspecified atom stereocenters. The molecule has 0 aliphatic rings. The number of carbonyl (C=O) groups is 2. The van der Waals surface area contributed by atoms with Crippen molar-refractivity contribution in [1.29, 1.82) is 0 Å². The van der Waals surface area contributed by atoms with E-state index in [0.29, 0.717) is 24.5 Å². The van der Waals surface area contributed by atoms with Crippen LogP contribution in [0.1, 0.15) is 5.56 Å². The average molecular weight is 296 g/mol. The Morgan fingerprint density at radius 3 is 2.24 bits per heavy atom. The first-order valence-electron chi connectivity index (χ1n) is 6.02. The van der Waals surface area contributed by atoms with Gasteiger partial charge in [0.05, 0.1) is 13.2 Å². The molecule has 114 valence electrons. The molecule has 21 heavy (non-hydrogen) atoms. The summed E-state index contributed by atoms with van der Waals surface area (Å²) >= 11 is 0. The van der Waals surface area contributed by atoms with Crippen molar-refractivity contribution in [2.45, 2.75) is 0 Å². The summed E-state index contributed by atoms with van der Waals surface area (Å²) in [6.45, 7) is 0.951. The van der Waals surface area contributed by atoms with Gasteiger partial charge in [-0.15, -0.1) is 0 Å². The van der Waals surface area contributed by atoms with Crippen molar-refractivity contribution >= 4 is 18.0 Å². The Balaban J connectivity index is 2.59. The summed E-state index contributed by atoms with van der Waals surface area (Å²) in [6.07, 6.45) is 1.07. The predicted molar refractivity (Wildman–Crippen MR) is 73.0 cm³/mol. The molecule has 0 atom stereocenters. The van der Waals surface area contributed by atoms with Crippen molar-refractivity contribution in [2.24, 2.45) is 0 Å². The van der Waals surface area contributed by atoms with Crippen molar-refractivity contribution in [3.8, 4) is 5.75 Å². The van der Waals surface area contributed by atoms with Gasteiger partial charge in [-0.3, -0.25) is 0 Å². The molecule has 0 fully saturated rings. The van der Waals surface area contributed by atoms with Gasteiger partial charge in [0.2, 0.25) is 0 Å². The van der Waals surface area contributed by atoms with Gasteiger partial charge in [-0.1, -0.05) is 12.1 Å². The normalized spacial score (nSPS) is 9.95. The molecule has 1 rings (SSSR count). The fourth-order valence-electron chi connectivity index (χ4n) is 1.35. The lowest BCUT2D eigenvalue weighted by molar-refractivity contribution is -0.140. The van der Waals surface area contributed by atoms with Gasteiger partial charge in [0, 0.05) is 7.11 Å². The predicted octanol–water partition coefficient (Wildman–Crippen LogP) is 1.24. The molecule has 1 aromatic rings. The van der Waals surface area contributed by atoms with Crippen LogP contribution >= 0.6 is 0 Å². The van der Waals surface area contributed by atoms with Crippen LogP contribution in [0.5, 0.6) is 5.75 Å². The minimum atomic E-state index is -1.49. The highest BCUT2D eigenvalue weighted by Gasteiger charge is 2.15. The molecule has 1 aromatic carbocycles. The fourth-order valence-corrected chi connectivity index (χ4v) is 1.35. The Labute approximate surface area is 121 Å². The molecule has 0 aliphatic carbocycles. The monoisotopic (exact) mass is 296 g/mol. The third-order valence-electron chi connectivity index (χ3n) is 2.39. The number of methoxy groups -OCH3 is 1. The molecule has 0 saturated carbocycles. The number of hydrogen-bond donors (Lipinski definition) is 2. The van der Waals surface area contributed by atoms with E-state index in [4.69, 9.17) is 24.4 Å². The Morgan fingerprint density at radius 2 is 1.71 bits per heavy atom. The Morgan fingerprint density at radius 1 is 1.10 bits per heavy atom. The number of hydrogen-bond acceptors (Lipinski definition) is 5. The highest BCUT2D eigenvalue weighted by Crippen LogP contribution is 2.15. The molecule has 0 aromatic heterocycles. The van der Waals surface area contributed by atoms with E-state index in [2.05, 4.69) is 0 Å². The summed E-state index contributed by atoms with van der Waals surface area (Å²) in [5, 5.41) is 17.5. The lowest BCUT2D eigenvalue weighted by Gasteiger charge is -2.07. The molecule has 7 nitrogen and oxygen atoms in total. The van der Waals surface area contributed by atoms with E-state index in [1.54, 1.807) is 31.4 Å². The van der Waals surface area contributed by atoms with Crippen LogP contribution in [-0.4, -0.2) is 49.3 Å². The van der Waals surface area contributed by atoms with Crippen LogP contribution in [0.25, 0.3) is 6.08 Å². The zero-order chi connectivity index (χ0) is 15.7. The van der Waals surface area contributed by atoms with Crippen LogP contribution < -0.4 is 4.74 Å². The molecule has 0 spiro atoms. The number of aliphatic carboxylic acids is 2. The van der Waals surface area contributed by atoms with Crippen molar-refractivity contribution in [3.05, 3.63) is 35.4 Å². The van der Waals surface area contributed by atoms with Crippen LogP contribution in [0, 0.1) is 0 Å². The van der Waals surface area contributed by atoms with Crippen molar-refractivity contribution in [1.82, 2.24) is 0 Å². The lowest BCUT2D eigenvalue weighted by atomic mass is 10.1. The van der Waals surface area contributed by atoms with E-state index >= 15 is 0 Å². The first-order chi connectivity index (χ1) is 10.0. The SMILES string of the molecule is COCCOCOc1ccc(C=C(C(=O)O)C(=O)O)cc1. The molecule has 0 aliphatic heterocycles. The Kier molecular flexibility index (Phi) is 6.93. The Hall–Kier alpha value is -2.38. The number of carboxylic acid groups (broad SMARTS) is 2. The topological polar surface area (TPSA) is 102 Å². The molecule has 2 N–H and O–H groups in total. The minimum absolute atomic E-state index is 0.0635. The van der Waals surface area contributed by atoms with Crippen LogP contribution in [-0.2, 0) is 19.1 Å². The van der Waals surface area contributed by atoms with E-state index in [9.17, 15) is 9.59 Å². The highest BCUT2D eigenvalue weighted by molar-refractivity contribution is 6.16. The molecule has 0 saturated heterocycles. The van der Waals surface area contributed by atoms with E-state index in [-0.39, 0.29) is 6.79 Å². The summed E-state index contributed by atoms with van der Waals surface area (Å²) in [6, 6.07) is 6.28. The fraction of sp³-hybridized carbons (Fsp3) is 0.286. The van der Waals surface area contributed by atoms with Gasteiger partial charge in [0.1, 0.15) is 11.3 Å².